The summed E-state index contributed by atoms with van der Waals surface area (Å²) in [4.78, 5) is 14.3. The van der Waals surface area contributed by atoms with E-state index in [0.29, 0.717) is 5.56 Å². The van der Waals surface area contributed by atoms with Crippen molar-refractivity contribution in [1.82, 2.24) is 15.0 Å². The molecule has 100 valence electrons. The summed E-state index contributed by atoms with van der Waals surface area (Å²) in [7, 11) is 0. The minimum absolute atomic E-state index is 0.620. The van der Waals surface area contributed by atoms with Gasteiger partial charge in [-0.25, -0.2) is 9.97 Å². The Morgan fingerprint density at radius 2 is 1.52 bits per heavy atom. The van der Waals surface area contributed by atoms with Gasteiger partial charge in [0, 0.05) is 11.9 Å². The van der Waals surface area contributed by atoms with Gasteiger partial charge < -0.3 is 4.90 Å². The second-order valence-corrected chi connectivity index (χ2v) is 4.30. The predicted octanol–water partition coefficient (Wildman–Crippen LogP) is 3.21. The Hall–Kier alpha value is -3.26. The van der Waals surface area contributed by atoms with Crippen molar-refractivity contribution in [3.05, 3.63) is 73.1 Å². The van der Waals surface area contributed by atoms with Crippen molar-refractivity contribution in [3.63, 3.8) is 0 Å². The zero-order chi connectivity index (χ0) is 14.5. The van der Waals surface area contributed by atoms with Gasteiger partial charge in [0.2, 0.25) is 0 Å². The molecule has 1 aromatic carbocycles. The van der Waals surface area contributed by atoms with Gasteiger partial charge in [0.05, 0.1) is 41.6 Å². The van der Waals surface area contributed by atoms with E-state index >= 15 is 0 Å². The van der Waals surface area contributed by atoms with Crippen molar-refractivity contribution in [2.45, 2.75) is 0 Å². The maximum atomic E-state index is 8.91. The van der Waals surface area contributed by atoms with Crippen LogP contribution in [0.15, 0.2) is 67.5 Å². The van der Waals surface area contributed by atoms with Crippen LogP contribution in [0.3, 0.4) is 0 Å². The third-order valence-electron chi connectivity index (χ3n) is 2.96. The van der Waals surface area contributed by atoms with Gasteiger partial charge in [0.1, 0.15) is 6.33 Å². The van der Waals surface area contributed by atoms with Crippen LogP contribution in [-0.2, 0) is 0 Å². The summed E-state index contributed by atoms with van der Waals surface area (Å²) < 4.78 is 0. The lowest BCUT2D eigenvalue weighted by molar-refractivity contribution is 1.12. The van der Waals surface area contributed by atoms with Gasteiger partial charge in [-0.1, -0.05) is 0 Å². The molecule has 3 rings (SSSR count). The van der Waals surface area contributed by atoms with Gasteiger partial charge in [0.25, 0.3) is 0 Å². The van der Waals surface area contributed by atoms with Crippen LogP contribution >= 0.6 is 0 Å². The SMILES string of the molecule is N#Cc1ccc(N(c2cccnc2)c2cncnc2)cc1. The quantitative estimate of drug-likeness (QED) is 0.733. The smallest absolute Gasteiger partial charge is 0.115 e. The molecule has 5 heteroatoms. The third-order valence-corrected chi connectivity index (χ3v) is 2.96. The monoisotopic (exact) mass is 273 g/mol. The number of rotatable bonds is 3. The van der Waals surface area contributed by atoms with Gasteiger partial charge in [-0.3, -0.25) is 4.98 Å². The molecule has 3 aromatic rings. The van der Waals surface area contributed by atoms with Crippen LogP contribution in [-0.4, -0.2) is 15.0 Å². The average Bonchev–Trinajstić information content (AvgIpc) is 2.58. The lowest BCUT2D eigenvalue weighted by Crippen LogP contribution is -2.10. The molecule has 0 fully saturated rings. The van der Waals surface area contributed by atoms with Crippen molar-refractivity contribution < 1.29 is 0 Å². The first-order valence-electron chi connectivity index (χ1n) is 6.34. The summed E-state index contributed by atoms with van der Waals surface area (Å²) in [6.45, 7) is 0. The molecule has 0 saturated carbocycles. The molecule has 0 radical (unpaired) electrons. The van der Waals surface area contributed by atoms with Crippen LogP contribution in [0.25, 0.3) is 0 Å². The van der Waals surface area contributed by atoms with Gasteiger partial charge in [0.15, 0.2) is 0 Å². The van der Waals surface area contributed by atoms with E-state index in [1.807, 2.05) is 29.2 Å². The Kier molecular flexibility index (Phi) is 3.52. The van der Waals surface area contributed by atoms with Crippen molar-refractivity contribution in [2.75, 3.05) is 4.90 Å². The van der Waals surface area contributed by atoms with E-state index in [0.717, 1.165) is 17.1 Å². The molecular weight excluding hydrogens is 262 g/mol. The molecule has 0 amide bonds. The van der Waals surface area contributed by atoms with Crippen molar-refractivity contribution in [1.29, 1.82) is 5.26 Å². The normalized spacial score (nSPS) is 9.86. The fraction of sp³-hybridized carbons (Fsp3) is 0. The van der Waals surface area contributed by atoms with Gasteiger partial charge >= 0.3 is 0 Å². The lowest BCUT2D eigenvalue weighted by Gasteiger charge is -2.23. The molecule has 0 bridgehead atoms. The van der Waals surface area contributed by atoms with Crippen molar-refractivity contribution in [3.8, 4) is 6.07 Å². The Bertz CT molecular complexity index is 709. The summed E-state index contributed by atoms with van der Waals surface area (Å²) >= 11 is 0. The topological polar surface area (TPSA) is 65.7 Å². The number of benzene rings is 1. The molecule has 0 spiro atoms. The van der Waals surface area contributed by atoms with E-state index in [4.69, 9.17) is 5.26 Å². The molecule has 0 atom stereocenters. The molecule has 0 aliphatic rings. The fourth-order valence-electron chi connectivity index (χ4n) is 2.02. The number of hydrogen-bond donors (Lipinski definition) is 0. The summed E-state index contributed by atoms with van der Waals surface area (Å²) in [5, 5.41) is 8.91. The second kappa shape index (κ2) is 5.80. The van der Waals surface area contributed by atoms with Crippen LogP contribution in [0, 0.1) is 11.3 Å². The molecule has 2 aromatic heterocycles. The highest BCUT2D eigenvalue weighted by molar-refractivity contribution is 5.75. The standard InChI is InChI=1S/C16H11N5/c17-8-13-3-5-14(6-4-13)21(15-2-1-7-18-9-15)16-10-19-12-20-11-16/h1-7,9-12H. The summed E-state index contributed by atoms with van der Waals surface area (Å²) in [6.07, 6.45) is 8.45. The van der Waals surface area contributed by atoms with E-state index in [9.17, 15) is 0 Å². The molecule has 2 heterocycles. The van der Waals surface area contributed by atoms with Crippen LogP contribution in [0.2, 0.25) is 0 Å². The zero-order valence-corrected chi connectivity index (χ0v) is 11.1. The zero-order valence-electron chi connectivity index (χ0n) is 11.1. The number of pyridine rings is 1. The van der Waals surface area contributed by atoms with Crippen LogP contribution in [0.1, 0.15) is 5.56 Å². The minimum Gasteiger partial charge on any atom is -0.306 e. The van der Waals surface area contributed by atoms with Gasteiger partial charge in [-0.05, 0) is 36.4 Å². The van der Waals surface area contributed by atoms with Crippen LogP contribution in [0.4, 0.5) is 17.1 Å². The van der Waals surface area contributed by atoms with Gasteiger partial charge in [-0.15, -0.1) is 0 Å². The number of anilines is 3. The summed E-state index contributed by atoms with van der Waals surface area (Å²) in [6, 6.07) is 13.3. The largest absolute Gasteiger partial charge is 0.306 e. The van der Waals surface area contributed by atoms with Crippen LogP contribution in [0.5, 0.6) is 0 Å². The molecule has 0 aliphatic heterocycles. The summed E-state index contributed by atoms with van der Waals surface area (Å²) in [5.74, 6) is 0. The van der Waals surface area contributed by atoms with E-state index in [1.54, 1.807) is 36.9 Å². The molecule has 0 aliphatic carbocycles. The second-order valence-electron chi connectivity index (χ2n) is 4.30. The Morgan fingerprint density at radius 3 is 2.14 bits per heavy atom. The summed E-state index contributed by atoms with van der Waals surface area (Å²) in [5.41, 5.74) is 3.26. The Labute approximate surface area is 122 Å². The molecule has 0 saturated heterocycles. The minimum atomic E-state index is 0.620. The molecule has 0 N–H and O–H groups in total. The third kappa shape index (κ3) is 2.69. The number of aromatic nitrogens is 3. The first-order chi connectivity index (χ1) is 10.4. The van der Waals surface area contributed by atoms with E-state index in [1.165, 1.54) is 6.33 Å². The average molecular weight is 273 g/mol. The highest BCUT2D eigenvalue weighted by Gasteiger charge is 2.12. The number of nitrogens with zero attached hydrogens (tertiary/aromatic N) is 5. The number of hydrogen-bond acceptors (Lipinski definition) is 5. The predicted molar refractivity (Wildman–Crippen MR) is 79.2 cm³/mol. The van der Waals surface area contributed by atoms with Crippen molar-refractivity contribution in [2.24, 2.45) is 0 Å². The van der Waals surface area contributed by atoms with E-state index < -0.39 is 0 Å². The van der Waals surface area contributed by atoms with Gasteiger partial charge in [-0.2, -0.15) is 5.26 Å². The van der Waals surface area contributed by atoms with E-state index in [-0.39, 0.29) is 0 Å². The Balaban J connectivity index is 2.10. The fourth-order valence-corrected chi connectivity index (χ4v) is 2.02. The maximum Gasteiger partial charge on any atom is 0.115 e. The first-order valence-corrected chi connectivity index (χ1v) is 6.34. The molecule has 5 nitrogen and oxygen atoms in total. The lowest BCUT2D eigenvalue weighted by atomic mass is 10.2. The molecule has 0 unspecified atom stereocenters. The molecular formula is C16H11N5. The Morgan fingerprint density at radius 1 is 0.810 bits per heavy atom. The highest BCUT2D eigenvalue weighted by Crippen LogP contribution is 2.32. The van der Waals surface area contributed by atoms with Crippen molar-refractivity contribution >= 4 is 17.1 Å². The highest BCUT2D eigenvalue weighted by atomic mass is 15.2. The number of nitriles is 1. The van der Waals surface area contributed by atoms with Crippen LogP contribution < -0.4 is 4.90 Å². The van der Waals surface area contributed by atoms with E-state index in [2.05, 4.69) is 21.0 Å². The molecule has 21 heavy (non-hydrogen) atoms. The maximum absolute atomic E-state index is 8.91. The first kappa shape index (κ1) is 12.8.